The van der Waals surface area contributed by atoms with Crippen molar-refractivity contribution < 1.29 is 4.79 Å². The van der Waals surface area contributed by atoms with Crippen LogP contribution in [-0.2, 0) is 0 Å². The molecule has 2 heterocycles. The Bertz CT molecular complexity index is 1640. The van der Waals surface area contributed by atoms with Gasteiger partial charge in [-0.25, -0.2) is 0 Å². The van der Waals surface area contributed by atoms with E-state index in [2.05, 4.69) is 47.4 Å². The van der Waals surface area contributed by atoms with Gasteiger partial charge in [0, 0.05) is 23.6 Å². The molecule has 0 saturated carbocycles. The third kappa shape index (κ3) is 4.13. The number of carbonyl (C=O) groups excluding carboxylic acids is 1. The maximum Gasteiger partial charge on any atom is 0.185 e. The van der Waals surface area contributed by atoms with Gasteiger partial charge in [-0.3, -0.25) is 4.79 Å². The maximum atomic E-state index is 14.4. The first kappa shape index (κ1) is 24.2. The number of Topliss-reactive ketones (excluding diaryl/α,β-unsaturated/α-hetero) is 1. The first-order chi connectivity index (χ1) is 19.2. The van der Waals surface area contributed by atoms with Gasteiger partial charge in [-0.05, 0) is 33.9 Å². The molecule has 0 aromatic heterocycles. The first-order valence-corrected chi connectivity index (χ1v) is 13.0. The lowest BCUT2D eigenvalue weighted by Gasteiger charge is -2.35. The number of ketones is 1. The molecule has 2 aliphatic heterocycles. The molecule has 0 aliphatic carbocycles. The molecule has 4 atom stereocenters. The molecule has 1 fully saturated rings. The van der Waals surface area contributed by atoms with Crippen LogP contribution < -0.4 is 0 Å². The summed E-state index contributed by atoms with van der Waals surface area (Å²) in [6.45, 7) is 0. The van der Waals surface area contributed by atoms with Crippen molar-refractivity contribution in [3.05, 3.63) is 155 Å². The number of nitrogens with zero attached hydrogens (tertiary/aromatic N) is 3. The summed E-state index contributed by atoms with van der Waals surface area (Å²) in [7, 11) is 0. The molecule has 4 nitrogen and oxygen atoms in total. The van der Waals surface area contributed by atoms with Crippen LogP contribution in [0.3, 0.4) is 0 Å². The molecule has 0 N–H and O–H groups in total. The summed E-state index contributed by atoms with van der Waals surface area (Å²) in [5.41, 5.74) is 5.37. The second-order valence-corrected chi connectivity index (χ2v) is 9.85. The Labute approximate surface area is 228 Å². The quantitative estimate of drug-likeness (QED) is 0.214. The van der Waals surface area contributed by atoms with Gasteiger partial charge >= 0.3 is 0 Å². The fourth-order valence-corrected chi connectivity index (χ4v) is 6.32. The Morgan fingerprint density at radius 1 is 0.692 bits per heavy atom. The standard InChI is InChI=1S/C35H25N3O/c36-22-28(23-37)30(25-13-4-1-5-14-25)32-31(26-15-6-2-7-16-26)34(35(39)27-17-8-3-9-18-27)38-21-20-24-12-10-11-19-29(24)33(32)38/h1-21,31-34H. The first-order valence-electron chi connectivity index (χ1n) is 13.0. The molecule has 186 valence electrons. The van der Waals surface area contributed by atoms with Gasteiger partial charge < -0.3 is 4.90 Å². The molecule has 2 aliphatic rings. The molecule has 1 saturated heterocycles. The molecular weight excluding hydrogens is 478 g/mol. The van der Waals surface area contributed by atoms with Crippen LogP contribution in [0.15, 0.2) is 127 Å². The van der Waals surface area contributed by atoms with E-state index in [4.69, 9.17) is 0 Å². The van der Waals surface area contributed by atoms with Crippen molar-refractivity contribution in [2.45, 2.75) is 18.0 Å². The summed E-state index contributed by atoms with van der Waals surface area (Å²) in [5.74, 6) is -0.636. The summed E-state index contributed by atoms with van der Waals surface area (Å²) in [5, 5.41) is 20.4. The van der Waals surface area contributed by atoms with Gasteiger partial charge in [0.15, 0.2) is 5.78 Å². The number of fused-ring (bicyclic) bond motifs is 3. The molecular formula is C35H25N3O. The highest BCUT2D eigenvalue weighted by Crippen LogP contribution is 2.58. The van der Waals surface area contributed by atoms with E-state index in [0.717, 1.165) is 22.3 Å². The zero-order valence-corrected chi connectivity index (χ0v) is 21.2. The van der Waals surface area contributed by atoms with E-state index in [0.29, 0.717) is 11.1 Å². The third-order valence-corrected chi connectivity index (χ3v) is 7.87. The van der Waals surface area contributed by atoms with Gasteiger partial charge in [0.25, 0.3) is 0 Å². The molecule has 0 spiro atoms. The van der Waals surface area contributed by atoms with Crippen molar-refractivity contribution in [1.29, 1.82) is 10.5 Å². The number of benzene rings is 4. The summed E-state index contributed by atoms with van der Waals surface area (Å²) in [6.07, 6.45) is 4.08. The Morgan fingerprint density at radius 3 is 1.90 bits per heavy atom. The van der Waals surface area contributed by atoms with E-state index in [9.17, 15) is 15.3 Å². The predicted molar refractivity (Wildman–Crippen MR) is 152 cm³/mol. The van der Waals surface area contributed by atoms with Crippen molar-refractivity contribution in [2.75, 3.05) is 0 Å². The van der Waals surface area contributed by atoms with Crippen LogP contribution >= 0.6 is 0 Å². The average Bonchev–Trinajstić information content (AvgIpc) is 3.36. The van der Waals surface area contributed by atoms with Crippen molar-refractivity contribution in [3.63, 3.8) is 0 Å². The number of hydrogen-bond donors (Lipinski definition) is 0. The van der Waals surface area contributed by atoms with Gasteiger partial charge in [-0.15, -0.1) is 0 Å². The van der Waals surface area contributed by atoms with E-state index in [1.165, 1.54) is 0 Å². The lowest BCUT2D eigenvalue weighted by Crippen LogP contribution is -2.37. The van der Waals surface area contributed by atoms with Crippen molar-refractivity contribution in [2.24, 2.45) is 5.92 Å². The Kier molecular flexibility index (Phi) is 6.37. The number of carbonyl (C=O) groups is 1. The minimum atomic E-state index is -0.535. The highest BCUT2D eigenvalue weighted by Gasteiger charge is 2.54. The van der Waals surface area contributed by atoms with E-state index in [1.807, 2.05) is 97.2 Å². The molecule has 39 heavy (non-hydrogen) atoms. The van der Waals surface area contributed by atoms with Gasteiger partial charge in [0.2, 0.25) is 0 Å². The molecule has 0 radical (unpaired) electrons. The number of hydrogen-bond acceptors (Lipinski definition) is 4. The van der Waals surface area contributed by atoms with Gasteiger partial charge in [-0.1, -0.05) is 115 Å². The molecule has 0 amide bonds. The maximum absolute atomic E-state index is 14.4. The molecule has 0 bridgehead atoms. The highest BCUT2D eigenvalue weighted by molar-refractivity contribution is 6.02. The van der Waals surface area contributed by atoms with E-state index in [1.54, 1.807) is 0 Å². The zero-order valence-electron chi connectivity index (χ0n) is 21.2. The minimum absolute atomic E-state index is 0.0175. The number of nitriles is 2. The molecule has 6 rings (SSSR count). The van der Waals surface area contributed by atoms with Crippen LogP contribution in [0, 0.1) is 28.6 Å². The lowest BCUT2D eigenvalue weighted by atomic mass is 9.71. The average molecular weight is 504 g/mol. The van der Waals surface area contributed by atoms with Crippen LogP contribution in [0.4, 0.5) is 0 Å². The van der Waals surface area contributed by atoms with Gasteiger partial charge in [0.1, 0.15) is 17.7 Å². The Hall–Kier alpha value is -5.19. The normalized spacial score (nSPS) is 20.7. The van der Waals surface area contributed by atoms with Crippen LogP contribution in [0.2, 0.25) is 0 Å². The fraction of sp³-hybridized carbons (Fsp3) is 0.114. The molecule has 4 aromatic rings. The third-order valence-electron chi connectivity index (χ3n) is 7.87. The van der Waals surface area contributed by atoms with Crippen molar-refractivity contribution in [1.82, 2.24) is 4.90 Å². The predicted octanol–water partition coefficient (Wildman–Crippen LogP) is 7.18. The second kappa shape index (κ2) is 10.3. The van der Waals surface area contributed by atoms with E-state index in [-0.39, 0.29) is 29.2 Å². The highest BCUT2D eigenvalue weighted by atomic mass is 16.1. The van der Waals surface area contributed by atoms with Crippen LogP contribution in [0.1, 0.15) is 44.6 Å². The Balaban J connectivity index is 1.67. The monoisotopic (exact) mass is 503 g/mol. The number of rotatable bonds is 5. The van der Waals surface area contributed by atoms with E-state index >= 15 is 0 Å². The molecule has 4 heteroatoms. The topological polar surface area (TPSA) is 67.9 Å². The summed E-state index contributed by atoms with van der Waals surface area (Å²) in [4.78, 5) is 16.6. The number of allylic oxidation sites excluding steroid dienone is 1. The van der Waals surface area contributed by atoms with Crippen molar-refractivity contribution in [3.8, 4) is 12.1 Å². The van der Waals surface area contributed by atoms with Gasteiger partial charge in [-0.2, -0.15) is 10.5 Å². The fourth-order valence-electron chi connectivity index (χ4n) is 6.32. The Morgan fingerprint density at radius 2 is 1.26 bits per heavy atom. The molecule has 4 unspecified atom stereocenters. The zero-order chi connectivity index (χ0) is 26.8. The second-order valence-electron chi connectivity index (χ2n) is 9.85. The minimum Gasteiger partial charge on any atom is -0.359 e. The lowest BCUT2D eigenvalue weighted by molar-refractivity contribution is 0.0874. The summed E-state index contributed by atoms with van der Waals surface area (Å²) < 4.78 is 0. The molecule has 4 aromatic carbocycles. The van der Waals surface area contributed by atoms with Crippen LogP contribution in [-0.4, -0.2) is 16.7 Å². The van der Waals surface area contributed by atoms with Crippen LogP contribution in [0.5, 0.6) is 0 Å². The largest absolute Gasteiger partial charge is 0.359 e. The smallest absolute Gasteiger partial charge is 0.185 e. The summed E-state index contributed by atoms with van der Waals surface area (Å²) >= 11 is 0. The van der Waals surface area contributed by atoms with Crippen molar-refractivity contribution >= 4 is 17.4 Å². The van der Waals surface area contributed by atoms with Crippen LogP contribution in [0.25, 0.3) is 11.6 Å². The summed E-state index contributed by atoms with van der Waals surface area (Å²) in [6, 6.07) is 40.9. The van der Waals surface area contributed by atoms with E-state index < -0.39 is 6.04 Å². The van der Waals surface area contributed by atoms with Gasteiger partial charge in [0.05, 0.1) is 12.1 Å². The SMILES string of the molecule is N#CC(C#N)=C(c1ccccc1)C1C(c2ccccc2)C(C(=O)c2ccccc2)N2C=Cc3ccccc3C12.